The van der Waals surface area contributed by atoms with Crippen LogP contribution in [0, 0.1) is 6.92 Å². The summed E-state index contributed by atoms with van der Waals surface area (Å²) in [7, 11) is -3.24. The van der Waals surface area contributed by atoms with E-state index in [0.717, 1.165) is 25.0 Å². The van der Waals surface area contributed by atoms with Crippen LogP contribution in [0.2, 0.25) is 0 Å². The van der Waals surface area contributed by atoms with Gasteiger partial charge >= 0.3 is 0 Å². The zero-order valence-corrected chi connectivity index (χ0v) is 11.3. The average Bonchev–Trinajstić information content (AvgIpc) is 2.29. The molecule has 0 atom stereocenters. The van der Waals surface area contributed by atoms with Crippen molar-refractivity contribution >= 4 is 9.84 Å². The van der Waals surface area contributed by atoms with Crippen LogP contribution >= 0.6 is 0 Å². The fraction of sp³-hybridized carbons (Fsp3) is 0.667. The van der Waals surface area contributed by atoms with E-state index in [-0.39, 0.29) is 10.8 Å². The summed E-state index contributed by atoms with van der Waals surface area (Å²) < 4.78 is 23.7. The molecule has 1 heterocycles. The summed E-state index contributed by atoms with van der Waals surface area (Å²) in [5.41, 5.74) is 0.729. The molecule has 0 unspecified atom stereocenters. The summed E-state index contributed by atoms with van der Waals surface area (Å²) in [5.74, 6) is 0.175. The van der Waals surface area contributed by atoms with E-state index in [1.807, 2.05) is 0 Å². The number of rotatable bonds is 7. The molecule has 0 aliphatic rings. The van der Waals surface area contributed by atoms with E-state index in [9.17, 15) is 8.42 Å². The van der Waals surface area contributed by atoms with Gasteiger partial charge in [0.05, 0.1) is 11.4 Å². The molecule has 1 aromatic rings. The summed E-state index contributed by atoms with van der Waals surface area (Å²) in [6, 6.07) is 3.21. The lowest BCUT2D eigenvalue weighted by molar-refractivity contribution is 0.581. The van der Waals surface area contributed by atoms with Gasteiger partial charge in [0.25, 0.3) is 0 Å². The van der Waals surface area contributed by atoms with E-state index >= 15 is 0 Å². The fourth-order valence-electron chi connectivity index (χ4n) is 1.55. The van der Waals surface area contributed by atoms with E-state index in [1.54, 1.807) is 13.0 Å². The van der Waals surface area contributed by atoms with Crippen LogP contribution in [-0.4, -0.2) is 24.4 Å². The van der Waals surface area contributed by atoms with E-state index < -0.39 is 9.84 Å². The molecular weight excluding hydrogens is 236 g/mol. The lowest BCUT2D eigenvalue weighted by atomic mass is 10.2. The van der Waals surface area contributed by atoms with Crippen LogP contribution < -0.4 is 0 Å². The minimum Gasteiger partial charge on any atom is -0.222 e. The monoisotopic (exact) mass is 256 g/mol. The van der Waals surface area contributed by atoms with Crippen LogP contribution in [0.3, 0.4) is 0 Å². The molecule has 0 saturated carbocycles. The van der Waals surface area contributed by atoms with Gasteiger partial charge in [-0.05, 0) is 25.5 Å². The van der Waals surface area contributed by atoms with E-state index in [0.29, 0.717) is 6.42 Å². The molecule has 0 bridgehead atoms. The van der Waals surface area contributed by atoms with Crippen molar-refractivity contribution in [2.45, 2.75) is 51.0 Å². The Morgan fingerprint density at radius 2 is 1.76 bits per heavy atom. The molecule has 0 fully saturated rings. The number of aromatic nitrogens is 2. The summed E-state index contributed by atoms with van der Waals surface area (Å²) in [5, 5.41) is 7.60. The second-order valence-electron chi connectivity index (χ2n) is 4.25. The Labute approximate surface area is 103 Å². The Balaban J connectivity index is 2.48. The van der Waals surface area contributed by atoms with Crippen molar-refractivity contribution in [1.82, 2.24) is 10.2 Å². The molecule has 0 aromatic carbocycles. The number of hydrogen-bond donors (Lipinski definition) is 0. The van der Waals surface area contributed by atoms with Crippen LogP contribution in [-0.2, 0) is 9.84 Å². The largest absolute Gasteiger partial charge is 0.222 e. The second-order valence-corrected chi connectivity index (χ2v) is 6.30. The number of unbranched alkanes of at least 4 members (excludes halogenated alkanes) is 4. The lowest BCUT2D eigenvalue weighted by Crippen LogP contribution is -2.09. The van der Waals surface area contributed by atoms with Gasteiger partial charge in [0.15, 0.2) is 14.9 Å². The maximum absolute atomic E-state index is 11.9. The van der Waals surface area contributed by atoms with Crippen molar-refractivity contribution in [3.05, 3.63) is 17.8 Å². The third kappa shape index (κ3) is 4.81. The molecule has 0 spiro atoms. The molecule has 4 nitrogen and oxygen atoms in total. The first-order valence-corrected chi connectivity index (χ1v) is 7.74. The second kappa shape index (κ2) is 6.69. The Hall–Kier alpha value is -0.970. The predicted octanol–water partition coefficient (Wildman–Crippen LogP) is 2.53. The van der Waals surface area contributed by atoms with Crippen LogP contribution in [0.4, 0.5) is 0 Å². The first-order valence-electron chi connectivity index (χ1n) is 6.09. The highest BCUT2D eigenvalue weighted by Gasteiger charge is 2.15. The van der Waals surface area contributed by atoms with E-state index in [1.165, 1.54) is 12.5 Å². The van der Waals surface area contributed by atoms with Gasteiger partial charge < -0.3 is 0 Å². The summed E-state index contributed by atoms with van der Waals surface area (Å²) >= 11 is 0. The normalized spacial score (nSPS) is 11.6. The van der Waals surface area contributed by atoms with Crippen molar-refractivity contribution in [3.63, 3.8) is 0 Å². The highest BCUT2D eigenvalue weighted by molar-refractivity contribution is 7.91. The van der Waals surface area contributed by atoms with E-state index in [4.69, 9.17) is 0 Å². The molecule has 0 amide bonds. The topological polar surface area (TPSA) is 59.9 Å². The van der Waals surface area contributed by atoms with Crippen molar-refractivity contribution < 1.29 is 8.42 Å². The molecule has 5 heteroatoms. The zero-order valence-electron chi connectivity index (χ0n) is 10.5. The fourth-order valence-corrected chi connectivity index (χ4v) is 2.79. The Kier molecular flexibility index (Phi) is 5.55. The van der Waals surface area contributed by atoms with Gasteiger partial charge in [0.1, 0.15) is 0 Å². The molecular formula is C12H20N2O2S. The summed E-state index contributed by atoms with van der Waals surface area (Å²) in [6.45, 7) is 3.92. The molecule has 96 valence electrons. The average molecular weight is 256 g/mol. The highest BCUT2D eigenvalue weighted by Crippen LogP contribution is 2.11. The van der Waals surface area contributed by atoms with Crippen LogP contribution in [0.1, 0.15) is 44.7 Å². The number of sulfone groups is 1. The van der Waals surface area contributed by atoms with E-state index in [2.05, 4.69) is 17.1 Å². The van der Waals surface area contributed by atoms with Gasteiger partial charge in [-0.25, -0.2) is 8.42 Å². The predicted molar refractivity (Wildman–Crippen MR) is 67.6 cm³/mol. The van der Waals surface area contributed by atoms with Gasteiger partial charge in [-0.3, -0.25) is 0 Å². The SMILES string of the molecule is CCCCCCCS(=O)(=O)c1ccc(C)nn1. The minimum absolute atomic E-state index is 0.0959. The van der Waals surface area contributed by atoms with Gasteiger partial charge in [0.2, 0.25) is 0 Å². The maximum Gasteiger partial charge on any atom is 0.197 e. The number of nitrogens with zero attached hydrogens (tertiary/aromatic N) is 2. The standard InChI is InChI=1S/C12H20N2O2S/c1-3-4-5-6-7-10-17(15,16)12-9-8-11(2)13-14-12/h8-9H,3-7,10H2,1-2H3. The van der Waals surface area contributed by atoms with Gasteiger partial charge in [0, 0.05) is 0 Å². The van der Waals surface area contributed by atoms with Gasteiger partial charge in [-0.1, -0.05) is 32.6 Å². The lowest BCUT2D eigenvalue weighted by Gasteiger charge is -2.03. The van der Waals surface area contributed by atoms with Crippen molar-refractivity contribution in [3.8, 4) is 0 Å². The van der Waals surface area contributed by atoms with Gasteiger partial charge in [-0.15, -0.1) is 5.10 Å². The molecule has 0 N–H and O–H groups in total. The van der Waals surface area contributed by atoms with Crippen molar-refractivity contribution in [1.29, 1.82) is 0 Å². The first-order chi connectivity index (χ1) is 8.06. The van der Waals surface area contributed by atoms with Crippen molar-refractivity contribution in [2.75, 3.05) is 5.75 Å². The smallest absolute Gasteiger partial charge is 0.197 e. The van der Waals surface area contributed by atoms with Gasteiger partial charge in [-0.2, -0.15) is 5.10 Å². The molecule has 0 aliphatic heterocycles. The van der Waals surface area contributed by atoms with Crippen molar-refractivity contribution in [2.24, 2.45) is 0 Å². The van der Waals surface area contributed by atoms with Crippen LogP contribution in [0.5, 0.6) is 0 Å². The highest BCUT2D eigenvalue weighted by atomic mass is 32.2. The first kappa shape index (κ1) is 14.1. The third-order valence-electron chi connectivity index (χ3n) is 2.61. The molecule has 17 heavy (non-hydrogen) atoms. The summed E-state index contributed by atoms with van der Waals surface area (Å²) in [4.78, 5) is 0. The van der Waals surface area contributed by atoms with Crippen LogP contribution in [0.25, 0.3) is 0 Å². The third-order valence-corrected chi connectivity index (χ3v) is 4.29. The number of hydrogen-bond acceptors (Lipinski definition) is 4. The Morgan fingerprint density at radius 3 is 2.35 bits per heavy atom. The molecule has 0 aliphatic carbocycles. The minimum atomic E-state index is -3.24. The quantitative estimate of drug-likeness (QED) is 0.703. The molecule has 1 aromatic heterocycles. The Bertz CT molecular complexity index is 426. The molecule has 1 rings (SSSR count). The number of aryl methyl sites for hydroxylation is 1. The summed E-state index contributed by atoms with van der Waals surface area (Å²) in [6.07, 6.45) is 5.11. The van der Waals surface area contributed by atoms with Crippen LogP contribution in [0.15, 0.2) is 17.2 Å². The zero-order chi connectivity index (χ0) is 12.7. The maximum atomic E-state index is 11.9. The molecule has 0 radical (unpaired) electrons. The molecule has 0 saturated heterocycles. The Morgan fingerprint density at radius 1 is 1.06 bits per heavy atom.